The normalized spacial score (nSPS) is 18.2. The molecule has 1 aromatic rings. The maximum Gasteiger partial charge on any atom is 0.128 e. The average Bonchev–Trinajstić information content (AvgIpc) is 2.39. The van der Waals surface area contributed by atoms with Crippen LogP contribution in [-0.4, -0.2) is 36.4 Å². The zero-order valence-electron chi connectivity index (χ0n) is 10.5. The largest absolute Gasteiger partial charge is 0.388 e. The second-order valence-corrected chi connectivity index (χ2v) is 4.42. The lowest BCUT2D eigenvalue weighted by Crippen LogP contribution is -2.36. The van der Waals surface area contributed by atoms with Gasteiger partial charge in [-0.3, -0.25) is 0 Å². The van der Waals surface area contributed by atoms with Gasteiger partial charge in [0, 0.05) is 24.8 Å². The highest BCUT2D eigenvalue weighted by molar-refractivity contribution is 5.44. The first kappa shape index (κ1) is 12.3. The van der Waals surface area contributed by atoms with Crippen LogP contribution in [-0.2, 0) is 4.74 Å². The predicted octanol–water partition coefficient (Wildman–Crippen LogP) is 1.67. The van der Waals surface area contributed by atoms with Crippen LogP contribution in [0.15, 0.2) is 12.3 Å². The molecular formula is C13H20N2O2. The Morgan fingerprint density at radius 2 is 2.18 bits per heavy atom. The van der Waals surface area contributed by atoms with Crippen molar-refractivity contribution >= 4 is 5.82 Å². The Hall–Kier alpha value is -1.13. The van der Waals surface area contributed by atoms with Crippen LogP contribution >= 0.6 is 0 Å². The van der Waals surface area contributed by atoms with E-state index >= 15 is 0 Å². The van der Waals surface area contributed by atoms with E-state index in [1.54, 1.807) is 6.20 Å². The molecule has 1 aliphatic rings. The summed E-state index contributed by atoms with van der Waals surface area (Å²) in [4.78, 5) is 6.66. The van der Waals surface area contributed by atoms with Crippen molar-refractivity contribution in [2.75, 3.05) is 31.2 Å². The minimum absolute atomic E-state index is 0.402. The lowest BCUT2D eigenvalue weighted by atomic mass is 10.0. The number of ether oxygens (including phenoxy) is 1. The third kappa shape index (κ3) is 2.76. The van der Waals surface area contributed by atoms with E-state index in [1.807, 2.05) is 13.8 Å². The predicted molar refractivity (Wildman–Crippen MR) is 67.3 cm³/mol. The first-order valence-electron chi connectivity index (χ1n) is 6.19. The van der Waals surface area contributed by atoms with E-state index in [2.05, 4.69) is 16.0 Å². The van der Waals surface area contributed by atoms with Crippen molar-refractivity contribution in [1.29, 1.82) is 0 Å². The van der Waals surface area contributed by atoms with Gasteiger partial charge in [0.15, 0.2) is 0 Å². The first-order chi connectivity index (χ1) is 8.22. The summed E-state index contributed by atoms with van der Waals surface area (Å²) in [6, 6.07) is 2.06. The minimum atomic E-state index is -0.402. The second kappa shape index (κ2) is 5.47. The van der Waals surface area contributed by atoms with Crippen LogP contribution in [0.25, 0.3) is 0 Å². The SMILES string of the molecule is CC[C@@H](O)c1cnc(N2CCOCC2)cc1C. The van der Waals surface area contributed by atoms with Crippen molar-refractivity contribution in [3.05, 3.63) is 23.4 Å². The first-order valence-corrected chi connectivity index (χ1v) is 6.19. The molecule has 4 heteroatoms. The molecule has 1 aromatic heterocycles. The van der Waals surface area contributed by atoms with Crippen LogP contribution in [0.2, 0.25) is 0 Å². The van der Waals surface area contributed by atoms with Gasteiger partial charge in [-0.15, -0.1) is 0 Å². The molecule has 1 N–H and O–H groups in total. The van der Waals surface area contributed by atoms with Crippen molar-refractivity contribution in [1.82, 2.24) is 4.98 Å². The summed E-state index contributed by atoms with van der Waals surface area (Å²) >= 11 is 0. The highest BCUT2D eigenvalue weighted by atomic mass is 16.5. The molecule has 4 nitrogen and oxygen atoms in total. The Balaban J connectivity index is 2.17. The van der Waals surface area contributed by atoms with E-state index < -0.39 is 6.10 Å². The Bertz CT molecular complexity index is 376. The van der Waals surface area contributed by atoms with E-state index in [9.17, 15) is 5.11 Å². The molecule has 17 heavy (non-hydrogen) atoms. The van der Waals surface area contributed by atoms with E-state index in [0.717, 1.165) is 49.7 Å². The molecule has 0 amide bonds. The summed E-state index contributed by atoms with van der Waals surface area (Å²) in [6.07, 6.45) is 2.12. The summed E-state index contributed by atoms with van der Waals surface area (Å²) in [6.45, 7) is 7.31. The number of aliphatic hydroxyl groups excluding tert-OH is 1. The van der Waals surface area contributed by atoms with Gasteiger partial charge in [0.25, 0.3) is 0 Å². The number of aromatic nitrogens is 1. The monoisotopic (exact) mass is 236 g/mol. The number of rotatable bonds is 3. The highest BCUT2D eigenvalue weighted by Gasteiger charge is 2.15. The molecule has 0 saturated carbocycles. The Morgan fingerprint density at radius 1 is 1.47 bits per heavy atom. The molecule has 1 aliphatic heterocycles. The van der Waals surface area contributed by atoms with Crippen molar-refractivity contribution in [3.63, 3.8) is 0 Å². The van der Waals surface area contributed by atoms with Gasteiger partial charge < -0.3 is 14.7 Å². The molecular weight excluding hydrogens is 216 g/mol. The van der Waals surface area contributed by atoms with E-state index in [-0.39, 0.29) is 0 Å². The molecule has 2 heterocycles. The number of anilines is 1. The molecule has 1 fully saturated rings. The van der Waals surface area contributed by atoms with Gasteiger partial charge in [0.05, 0.1) is 19.3 Å². The van der Waals surface area contributed by atoms with Crippen molar-refractivity contribution in [2.45, 2.75) is 26.4 Å². The van der Waals surface area contributed by atoms with Gasteiger partial charge in [-0.25, -0.2) is 4.98 Å². The van der Waals surface area contributed by atoms with Gasteiger partial charge in [-0.1, -0.05) is 6.92 Å². The van der Waals surface area contributed by atoms with Gasteiger partial charge in [0.1, 0.15) is 5.82 Å². The molecule has 0 radical (unpaired) electrons. The number of aryl methyl sites for hydroxylation is 1. The summed E-state index contributed by atoms with van der Waals surface area (Å²) in [5, 5.41) is 9.84. The molecule has 0 spiro atoms. The van der Waals surface area contributed by atoms with Crippen LogP contribution in [0, 0.1) is 6.92 Å². The molecule has 1 saturated heterocycles. The lowest BCUT2D eigenvalue weighted by Gasteiger charge is -2.28. The third-order valence-electron chi connectivity index (χ3n) is 3.22. The fourth-order valence-corrected chi connectivity index (χ4v) is 2.09. The van der Waals surface area contributed by atoms with Crippen LogP contribution in [0.3, 0.4) is 0 Å². The van der Waals surface area contributed by atoms with Gasteiger partial charge in [0.2, 0.25) is 0 Å². The zero-order chi connectivity index (χ0) is 12.3. The molecule has 2 rings (SSSR count). The number of morpholine rings is 1. The van der Waals surface area contributed by atoms with Gasteiger partial charge >= 0.3 is 0 Å². The Morgan fingerprint density at radius 3 is 2.76 bits per heavy atom. The zero-order valence-corrected chi connectivity index (χ0v) is 10.5. The number of nitrogens with zero attached hydrogens (tertiary/aromatic N) is 2. The van der Waals surface area contributed by atoms with Gasteiger partial charge in [-0.05, 0) is 25.0 Å². The van der Waals surface area contributed by atoms with Crippen molar-refractivity contribution < 1.29 is 9.84 Å². The minimum Gasteiger partial charge on any atom is -0.388 e. The topological polar surface area (TPSA) is 45.6 Å². The van der Waals surface area contributed by atoms with Crippen molar-refractivity contribution in [2.24, 2.45) is 0 Å². The molecule has 1 atom stereocenters. The fourth-order valence-electron chi connectivity index (χ4n) is 2.09. The Labute approximate surface area is 102 Å². The standard InChI is InChI=1S/C13H20N2O2/c1-3-12(16)11-9-14-13(8-10(11)2)15-4-6-17-7-5-15/h8-9,12,16H,3-7H2,1-2H3/t12-/m1/s1. The summed E-state index contributed by atoms with van der Waals surface area (Å²) in [5.41, 5.74) is 2.04. The maximum absolute atomic E-state index is 9.84. The maximum atomic E-state index is 9.84. The van der Waals surface area contributed by atoms with E-state index in [1.165, 1.54) is 0 Å². The van der Waals surface area contributed by atoms with Crippen LogP contribution < -0.4 is 4.90 Å². The molecule has 0 aliphatic carbocycles. The molecule has 0 unspecified atom stereocenters. The van der Waals surface area contributed by atoms with Crippen LogP contribution in [0.1, 0.15) is 30.6 Å². The smallest absolute Gasteiger partial charge is 0.128 e. The van der Waals surface area contributed by atoms with Crippen molar-refractivity contribution in [3.8, 4) is 0 Å². The summed E-state index contributed by atoms with van der Waals surface area (Å²) in [7, 11) is 0. The molecule has 94 valence electrons. The van der Waals surface area contributed by atoms with E-state index in [0.29, 0.717) is 0 Å². The summed E-state index contributed by atoms with van der Waals surface area (Å²) < 4.78 is 5.32. The van der Waals surface area contributed by atoms with Gasteiger partial charge in [-0.2, -0.15) is 0 Å². The average molecular weight is 236 g/mol. The molecule has 0 bridgehead atoms. The fraction of sp³-hybridized carbons (Fsp3) is 0.615. The number of hydrogen-bond donors (Lipinski definition) is 1. The lowest BCUT2D eigenvalue weighted by molar-refractivity contribution is 0.122. The quantitative estimate of drug-likeness (QED) is 0.867. The summed E-state index contributed by atoms with van der Waals surface area (Å²) in [5.74, 6) is 0.984. The molecule has 0 aromatic carbocycles. The number of aliphatic hydroxyl groups is 1. The second-order valence-electron chi connectivity index (χ2n) is 4.42. The van der Waals surface area contributed by atoms with E-state index in [4.69, 9.17) is 4.74 Å². The third-order valence-corrected chi connectivity index (χ3v) is 3.22. The van der Waals surface area contributed by atoms with Crippen LogP contribution in [0.5, 0.6) is 0 Å². The van der Waals surface area contributed by atoms with Crippen LogP contribution in [0.4, 0.5) is 5.82 Å². The Kier molecular flexibility index (Phi) is 3.97. The highest BCUT2D eigenvalue weighted by Crippen LogP contribution is 2.23. The number of hydrogen-bond acceptors (Lipinski definition) is 4. The number of pyridine rings is 1.